The largest absolute Gasteiger partial charge is 0.289 e. The highest BCUT2D eigenvalue weighted by molar-refractivity contribution is 7.99. The van der Waals surface area contributed by atoms with E-state index in [0.29, 0.717) is 12.8 Å². The van der Waals surface area contributed by atoms with Gasteiger partial charge >= 0.3 is 0 Å². The molecule has 0 unspecified atom stereocenters. The van der Waals surface area contributed by atoms with Gasteiger partial charge in [0.2, 0.25) is 15.9 Å². The highest BCUT2D eigenvalue weighted by atomic mass is 32.2. The molecule has 1 aliphatic rings. The van der Waals surface area contributed by atoms with E-state index < -0.39 is 21.5 Å². The van der Waals surface area contributed by atoms with Crippen molar-refractivity contribution in [2.24, 2.45) is 0 Å². The number of rotatable bonds is 7. The van der Waals surface area contributed by atoms with E-state index >= 15 is 0 Å². The fourth-order valence-corrected chi connectivity index (χ4v) is 5.84. The average molecular weight is 421 g/mol. The molecule has 0 bridgehead atoms. The summed E-state index contributed by atoms with van der Waals surface area (Å²) in [6, 6.07) is 16.6. The van der Waals surface area contributed by atoms with Crippen LogP contribution in [0.3, 0.4) is 0 Å². The van der Waals surface area contributed by atoms with Crippen LogP contribution in [0.2, 0.25) is 0 Å². The van der Waals surface area contributed by atoms with Gasteiger partial charge in [0, 0.05) is 21.8 Å². The van der Waals surface area contributed by atoms with E-state index in [1.807, 2.05) is 30.3 Å². The van der Waals surface area contributed by atoms with Gasteiger partial charge < -0.3 is 0 Å². The third-order valence-electron chi connectivity index (χ3n) is 4.90. The highest BCUT2D eigenvalue weighted by Gasteiger charge is 2.38. The molecular formula is C20H24N2O4S2. The molecule has 3 rings (SSSR count). The predicted molar refractivity (Wildman–Crippen MR) is 108 cm³/mol. The number of carbonyl (C=O) groups excluding carboxylic acids is 1. The summed E-state index contributed by atoms with van der Waals surface area (Å²) in [6.45, 7) is 0. The van der Waals surface area contributed by atoms with Crippen molar-refractivity contribution in [1.29, 1.82) is 0 Å². The van der Waals surface area contributed by atoms with E-state index in [1.165, 1.54) is 0 Å². The van der Waals surface area contributed by atoms with Crippen LogP contribution in [0, 0.1) is 0 Å². The van der Waals surface area contributed by atoms with Gasteiger partial charge in [0.15, 0.2) is 0 Å². The topological polar surface area (TPSA) is 95.5 Å². The highest BCUT2D eigenvalue weighted by Crippen LogP contribution is 2.33. The van der Waals surface area contributed by atoms with Gasteiger partial charge in [-0.15, -0.1) is 0 Å². The van der Waals surface area contributed by atoms with Gasteiger partial charge in [-0.05, 0) is 49.2 Å². The van der Waals surface area contributed by atoms with Gasteiger partial charge in [-0.3, -0.25) is 10.0 Å². The molecule has 2 aromatic carbocycles. The summed E-state index contributed by atoms with van der Waals surface area (Å²) in [5.74, 6) is -0.584. The molecule has 28 heavy (non-hydrogen) atoms. The summed E-state index contributed by atoms with van der Waals surface area (Å²) >= 11 is 1.56. The molecule has 2 aromatic rings. The van der Waals surface area contributed by atoms with Crippen LogP contribution in [0.4, 0.5) is 0 Å². The first-order valence-corrected chi connectivity index (χ1v) is 11.5. The zero-order chi connectivity index (χ0) is 20.0. The molecule has 3 N–H and O–H groups in total. The maximum Gasteiger partial charge on any atom is 0.245 e. The minimum absolute atomic E-state index is 0.0787. The lowest BCUT2D eigenvalue weighted by atomic mass is 9.80. The van der Waals surface area contributed by atoms with Gasteiger partial charge in [-0.25, -0.2) is 18.6 Å². The van der Waals surface area contributed by atoms with Crippen LogP contribution in [0.5, 0.6) is 0 Å². The molecule has 8 heteroatoms. The minimum atomic E-state index is -3.78. The summed E-state index contributed by atoms with van der Waals surface area (Å²) in [4.78, 5) is 13.9. The van der Waals surface area contributed by atoms with E-state index in [-0.39, 0.29) is 11.3 Å². The van der Waals surface area contributed by atoms with Crippen molar-refractivity contribution in [2.45, 2.75) is 58.8 Å². The normalized spacial score (nSPS) is 16.5. The Bertz CT molecular complexity index is 894. The number of hydrogen-bond donors (Lipinski definition) is 3. The molecule has 1 amide bonds. The first-order valence-electron chi connectivity index (χ1n) is 9.22. The molecule has 0 spiro atoms. The molecule has 0 aromatic heterocycles. The molecular weight excluding hydrogens is 396 g/mol. The van der Waals surface area contributed by atoms with Crippen LogP contribution < -0.4 is 10.2 Å². The van der Waals surface area contributed by atoms with E-state index in [0.717, 1.165) is 29.1 Å². The zero-order valence-electron chi connectivity index (χ0n) is 15.4. The Morgan fingerprint density at radius 1 is 0.964 bits per heavy atom. The molecule has 6 nitrogen and oxygen atoms in total. The third-order valence-corrected chi connectivity index (χ3v) is 7.51. The van der Waals surface area contributed by atoms with E-state index in [2.05, 4.69) is 4.72 Å². The van der Waals surface area contributed by atoms with Crippen molar-refractivity contribution < 1.29 is 18.4 Å². The summed E-state index contributed by atoms with van der Waals surface area (Å²) < 4.78 is 28.6. The number of hydroxylamine groups is 1. The smallest absolute Gasteiger partial charge is 0.245 e. The second-order valence-electron chi connectivity index (χ2n) is 7.04. The molecule has 0 radical (unpaired) electrons. The Balaban J connectivity index is 1.76. The summed E-state index contributed by atoms with van der Waals surface area (Å²) in [7, 11) is -3.78. The van der Waals surface area contributed by atoms with Crippen LogP contribution >= 0.6 is 11.8 Å². The first-order chi connectivity index (χ1) is 13.4. The maximum absolute atomic E-state index is 12.9. The zero-order valence-corrected chi connectivity index (χ0v) is 17.1. The van der Waals surface area contributed by atoms with Gasteiger partial charge in [0.1, 0.15) is 0 Å². The van der Waals surface area contributed by atoms with Crippen molar-refractivity contribution >= 4 is 27.7 Å². The first kappa shape index (κ1) is 20.9. The van der Waals surface area contributed by atoms with Crippen LogP contribution in [0.15, 0.2) is 69.3 Å². The molecule has 0 aliphatic heterocycles. The summed E-state index contributed by atoms with van der Waals surface area (Å²) in [5, 5.41) is 8.87. The van der Waals surface area contributed by atoms with Crippen LogP contribution in [-0.4, -0.2) is 25.1 Å². The number of benzene rings is 2. The van der Waals surface area contributed by atoms with Crippen molar-refractivity contribution in [2.75, 3.05) is 0 Å². The standard InChI is InChI=1S/C20H24N2O4S2/c23-19(21-24)15-20(13-5-2-6-14-20)22-28(25,26)18-11-9-17(10-12-18)27-16-7-3-1-4-8-16/h1,3-4,7-12,22,24H,2,5-6,13-15H2,(H,21,23). The van der Waals surface area contributed by atoms with Gasteiger partial charge in [0.05, 0.1) is 4.90 Å². The Kier molecular flexibility index (Phi) is 6.77. The van der Waals surface area contributed by atoms with Crippen molar-refractivity contribution in [1.82, 2.24) is 10.2 Å². The molecule has 0 heterocycles. The van der Waals surface area contributed by atoms with E-state index in [9.17, 15) is 13.2 Å². The Hall–Kier alpha value is -1.87. The average Bonchev–Trinajstić information content (AvgIpc) is 2.69. The minimum Gasteiger partial charge on any atom is -0.289 e. The quantitative estimate of drug-likeness (QED) is 0.469. The lowest BCUT2D eigenvalue weighted by Gasteiger charge is -2.37. The number of amides is 1. The fourth-order valence-electron chi connectivity index (χ4n) is 3.55. The van der Waals surface area contributed by atoms with Gasteiger partial charge in [-0.2, -0.15) is 0 Å². The maximum atomic E-state index is 12.9. The number of nitrogens with one attached hydrogen (secondary N) is 2. The molecule has 0 atom stereocenters. The monoisotopic (exact) mass is 420 g/mol. The second-order valence-corrected chi connectivity index (χ2v) is 9.87. The lowest BCUT2D eigenvalue weighted by Crippen LogP contribution is -2.52. The van der Waals surface area contributed by atoms with Gasteiger partial charge in [0.25, 0.3) is 0 Å². The second kappa shape index (κ2) is 9.09. The Labute approximate surface area is 169 Å². The molecule has 1 saturated carbocycles. The number of sulfonamides is 1. The molecule has 1 aliphatic carbocycles. The SMILES string of the molecule is O=C(CC1(NS(=O)(=O)c2ccc(Sc3ccccc3)cc2)CCCCC1)NO. The summed E-state index contributed by atoms with van der Waals surface area (Å²) in [6.07, 6.45) is 3.76. The lowest BCUT2D eigenvalue weighted by molar-refractivity contribution is -0.130. The van der Waals surface area contributed by atoms with E-state index in [4.69, 9.17) is 5.21 Å². The van der Waals surface area contributed by atoms with Crippen molar-refractivity contribution in [3.63, 3.8) is 0 Å². The fraction of sp³-hybridized carbons (Fsp3) is 0.350. The molecule has 1 fully saturated rings. The van der Waals surface area contributed by atoms with Crippen molar-refractivity contribution in [3.8, 4) is 0 Å². The molecule has 150 valence electrons. The Morgan fingerprint density at radius 3 is 2.18 bits per heavy atom. The van der Waals surface area contributed by atoms with Crippen LogP contribution in [-0.2, 0) is 14.8 Å². The van der Waals surface area contributed by atoms with Gasteiger partial charge in [-0.1, -0.05) is 49.2 Å². The predicted octanol–water partition coefficient (Wildman–Crippen LogP) is 3.71. The van der Waals surface area contributed by atoms with Crippen molar-refractivity contribution in [3.05, 3.63) is 54.6 Å². The number of hydrogen-bond acceptors (Lipinski definition) is 5. The van der Waals surface area contributed by atoms with Crippen LogP contribution in [0.1, 0.15) is 38.5 Å². The van der Waals surface area contributed by atoms with Crippen LogP contribution in [0.25, 0.3) is 0 Å². The Morgan fingerprint density at radius 2 is 1.57 bits per heavy atom. The summed E-state index contributed by atoms with van der Waals surface area (Å²) in [5.41, 5.74) is 0.757. The number of carbonyl (C=O) groups is 1. The third kappa shape index (κ3) is 5.35. The molecule has 0 saturated heterocycles. The van der Waals surface area contributed by atoms with E-state index in [1.54, 1.807) is 41.5 Å².